The maximum Gasteiger partial charge on any atom is 0.131 e. The van der Waals surface area contributed by atoms with E-state index >= 15 is 0 Å². The molecule has 23 heavy (non-hydrogen) atoms. The van der Waals surface area contributed by atoms with E-state index in [2.05, 4.69) is 40.5 Å². The molecule has 0 N–H and O–H groups in total. The predicted octanol–water partition coefficient (Wildman–Crippen LogP) is 4.75. The van der Waals surface area contributed by atoms with E-state index in [0.717, 1.165) is 24.1 Å². The van der Waals surface area contributed by atoms with Crippen molar-refractivity contribution in [1.29, 1.82) is 0 Å². The second kappa shape index (κ2) is 8.85. The summed E-state index contributed by atoms with van der Waals surface area (Å²) in [7, 11) is 0. The van der Waals surface area contributed by atoms with Gasteiger partial charge < -0.3 is 0 Å². The number of halogens is 1. The molecule has 2 rings (SSSR count). The van der Waals surface area contributed by atoms with Crippen LogP contribution >= 0.6 is 0 Å². The third kappa shape index (κ3) is 5.67. The number of alkyl halides is 1. The van der Waals surface area contributed by atoms with Gasteiger partial charge in [-0.3, -0.25) is 4.98 Å². The molecule has 0 radical (unpaired) electrons. The van der Waals surface area contributed by atoms with Crippen molar-refractivity contribution in [2.45, 2.75) is 38.8 Å². The third-order valence-corrected chi connectivity index (χ3v) is 3.40. The zero-order valence-corrected chi connectivity index (χ0v) is 13.4. The van der Waals surface area contributed by atoms with Gasteiger partial charge in [0.15, 0.2) is 0 Å². The molecule has 1 unspecified atom stereocenters. The van der Waals surface area contributed by atoms with Crippen LogP contribution in [-0.4, -0.2) is 16.1 Å². The highest BCUT2D eigenvalue weighted by atomic mass is 19.1. The van der Waals surface area contributed by atoms with Gasteiger partial charge in [0.25, 0.3) is 0 Å². The van der Waals surface area contributed by atoms with Crippen molar-refractivity contribution in [2.24, 2.45) is 0 Å². The quantitative estimate of drug-likeness (QED) is 0.437. The Morgan fingerprint density at radius 2 is 2.00 bits per heavy atom. The third-order valence-electron chi connectivity index (χ3n) is 3.40. The van der Waals surface area contributed by atoms with Gasteiger partial charge in [-0.2, -0.15) is 0 Å². The van der Waals surface area contributed by atoms with Gasteiger partial charge >= 0.3 is 0 Å². The highest BCUT2D eigenvalue weighted by Crippen LogP contribution is 2.17. The van der Waals surface area contributed by atoms with Crippen LogP contribution in [0.2, 0.25) is 0 Å². The van der Waals surface area contributed by atoms with Crippen LogP contribution in [0.4, 0.5) is 4.39 Å². The number of allylic oxidation sites excluding steroid dienone is 1. The van der Waals surface area contributed by atoms with Crippen LogP contribution in [0.3, 0.4) is 0 Å². The van der Waals surface area contributed by atoms with E-state index in [0.29, 0.717) is 18.5 Å². The fourth-order valence-corrected chi connectivity index (χ4v) is 2.14. The summed E-state index contributed by atoms with van der Waals surface area (Å²) in [6, 6.07) is 8.20. The summed E-state index contributed by atoms with van der Waals surface area (Å²) in [5, 5.41) is 0. The molecule has 0 saturated heterocycles. The lowest BCUT2D eigenvalue weighted by Gasteiger charge is -2.02. The van der Waals surface area contributed by atoms with E-state index in [1.807, 2.05) is 18.2 Å². The first-order valence-electron chi connectivity index (χ1n) is 7.84. The monoisotopic (exact) mass is 308 g/mol. The summed E-state index contributed by atoms with van der Waals surface area (Å²) < 4.78 is 12.6. The lowest BCUT2D eigenvalue weighted by atomic mass is 10.1. The van der Waals surface area contributed by atoms with Crippen LogP contribution in [0.5, 0.6) is 0 Å². The highest BCUT2D eigenvalue weighted by Gasteiger charge is 2.00. The van der Waals surface area contributed by atoms with Crippen molar-refractivity contribution in [1.82, 2.24) is 9.97 Å². The zero-order valence-electron chi connectivity index (χ0n) is 13.4. The maximum atomic E-state index is 12.6. The van der Waals surface area contributed by atoms with Crippen LogP contribution in [0.15, 0.2) is 49.3 Å². The van der Waals surface area contributed by atoms with Crippen LogP contribution in [0.25, 0.3) is 11.3 Å². The normalized spacial score (nSPS) is 11.4. The fraction of sp³-hybridized carbons (Fsp3) is 0.300. The molecule has 1 heterocycles. The topological polar surface area (TPSA) is 25.8 Å². The first-order valence-corrected chi connectivity index (χ1v) is 7.84. The SMILES string of the molecule is C=CCc1ccc(-c2cnc(C#CCCCC(C)F)cn2)cc1. The van der Waals surface area contributed by atoms with Crippen molar-refractivity contribution in [3.05, 3.63) is 60.6 Å². The zero-order chi connectivity index (χ0) is 16.5. The van der Waals surface area contributed by atoms with Gasteiger partial charge in [-0.1, -0.05) is 36.3 Å². The molecule has 1 aromatic carbocycles. The molecular weight excluding hydrogens is 287 g/mol. The average Bonchev–Trinajstić information content (AvgIpc) is 2.56. The molecule has 118 valence electrons. The lowest BCUT2D eigenvalue weighted by Crippen LogP contribution is -1.91. The minimum absolute atomic E-state index is 0.557. The number of rotatable bonds is 6. The largest absolute Gasteiger partial charge is 0.252 e. The number of hydrogen-bond acceptors (Lipinski definition) is 2. The number of hydrogen-bond donors (Lipinski definition) is 0. The van der Waals surface area contributed by atoms with Crippen molar-refractivity contribution >= 4 is 0 Å². The van der Waals surface area contributed by atoms with E-state index in [-0.39, 0.29) is 0 Å². The minimum atomic E-state index is -0.756. The molecule has 2 aromatic rings. The molecule has 1 atom stereocenters. The number of nitrogens with zero attached hydrogens (tertiary/aromatic N) is 2. The Kier molecular flexibility index (Phi) is 6.50. The van der Waals surface area contributed by atoms with Gasteiger partial charge in [-0.05, 0) is 37.7 Å². The Bertz CT molecular complexity index is 676. The first-order chi connectivity index (χ1) is 11.2. The lowest BCUT2D eigenvalue weighted by molar-refractivity contribution is 0.336. The first kappa shape index (κ1) is 16.9. The second-order valence-electron chi connectivity index (χ2n) is 5.45. The Hall–Kier alpha value is -2.47. The van der Waals surface area contributed by atoms with E-state index in [4.69, 9.17) is 0 Å². The maximum absolute atomic E-state index is 12.6. The van der Waals surface area contributed by atoms with Gasteiger partial charge in [0.05, 0.1) is 24.3 Å². The van der Waals surface area contributed by atoms with Crippen LogP contribution in [0, 0.1) is 11.8 Å². The molecular formula is C20H21FN2. The summed E-state index contributed by atoms with van der Waals surface area (Å²) >= 11 is 0. The van der Waals surface area contributed by atoms with E-state index in [1.165, 1.54) is 5.56 Å². The summed E-state index contributed by atoms with van der Waals surface area (Å²) in [6.07, 6.45) is 7.41. The molecule has 0 saturated carbocycles. The Balaban J connectivity index is 1.96. The molecule has 0 fully saturated rings. The molecule has 2 nitrogen and oxygen atoms in total. The van der Waals surface area contributed by atoms with E-state index < -0.39 is 6.17 Å². The van der Waals surface area contributed by atoms with E-state index in [9.17, 15) is 4.39 Å². The van der Waals surface area contributed by atoms with Gasteiger partial charge in [-0.15, -0.1) is 6.58 Å². The summed E-state index contributed by atoms with van der Waals surface area (Å²) in [6.45, 7) is 5.31. The molecule has 0 aliphatic heterocycles. The number of benzene rings is 1. The van der Waals surface area contributed by atoms with Crippen molar-refractivity contribution in [3.8, 4) is 23.1 Å². The smallest absolute Gasteiger partial charge is 0.131 e. The van der Waals surface area contributed by atoms with Crippen LogP contribution in [-0.2, 0) is 6.42 Å². The van der Waals surface area contributed by atoms with Gasteiger partial charge in [0.2, 0.25) is 0 Å². The molecule has 1 aromatic heterocycles. The molecule has 0 spiro atoms. The van der Waals surface area contributed by atoms with Gasteiger partial charge in [0, 0.05) is 12.0 Å². The van der Waals surface area contributed by atoms with Crippen molar-refractivity contribution in [3.63, 3.8) is 0 Å². The van der Waals surface area contributed by atoms with E-state index in [1.54, 1.807) is 19.3 Å². The predicted molar refractivity (Wildman–Crippen MR) is 92.7 cm³/mol. The molecule has 0 aliphatic rings. The molecule has 3 heteroatoms. The van der Waals surface area contributed by atoms with Crippen LogP contribution in [0.1, 0.15) is 37.4 Å². The summed E-state index contributed by atoms with van der Waals surface area (Å²) in [4.78, 5) is 8.73. The second-order valence-corrected chi connectivity index (χ2v) is 5.45. The van der Waals surface area contributed by atoms with Gasteiger partial charge in [0.1, 0.15) is 5.69 Å². The number of unbranched alkanes of at least 4 members (excludes halogenated alkanes) is 1. The van der Waals surface area contributed by atoms with Crippen molar-refractivity contribution < 1.29 is 4.39 Å². The van der Waals surface area contributed by atoms with Gasteiger partial charge in [-0.25, -0.2) is 9.37 Å². The fourth-order valence-electron chi connectivity index (χ4n) is 2.14. The summed E-state index contributed by atoms with van der Waals surface area (Å²) in [5.74, 6) is 5.97. The van der Waals surface area contributed by atoms with Crippen molar-refractivity contribution in [2.75, 3.05) is 0 Å². The number of aromatic nitrogens is 2. The molecule has 0 bridgehead atoms. The average molecular weight is 308 g/mol. The Labute approximate surface area is 137 Å². The van der Waals surface area contributed by atoms with Crippen LogP contribution < -0.4 is 0 Å². The Morgan fingerprint density at radius 1 is 1.22 bits per heavy atom. The molecule has 0 amide bonds. The highest BCUT2D eigenvalue weighted by molar-refractivity contribution is 5.58. The summed E-state index contributed by atoms with van der Waals surface area (Å²) in [5.41, 5.74) is 3.72. The Morgan fingerprint density at radius 3 is 2.61 bits per heavy atom. The molecule has 0 aliphatic carbocycles. The standard InChI is InChI=1S/C20H21FN2/c1-3-7-17-10-12-18(13-11-17)20-15-22-19(14-23-20)9-6-4-5-8-16(2)21/h3,10-16H,1,4-5,7-8H2,2H3. The minimum Gasteiger partial charge on any atom is -0.252 e.